The van der Waals surface area contributed by atoms with Crippen molar-refractivity contribution in [2.24, 2.45) is 5.92 Å². The summed E-state index contributed by atoms with van der Waals surface area (Å²) < 4.78 is 5.71. The maximum absolute atomic E-state index is 12.9. The average molecular weight is 487 g/mol. The normalized spacial score (nSPS) is 15.8. The standard InChI is InChI=1S/C23H23ClN4O4S/c1-14(29)25-11-18-8-9-20(32-18)19-13-33-23(26-19)27-21(30)16-3-2-10-28(12-16)22(31)15-4-6-17(24)7-5-15/h4-9,13,16H,2-3,10-12H2,1H3,(H,25,29)(H,26,27,30). The van der Waals surface area contributed by atoms with Gasteiger partial charge in [-0.25, -0.2) is 4.98 Å². The largest absolute Gasteiger partial charge is 0.458 e. The Balaban J connectivity index is 1.35. The lowest BCUT2D eigenvalue weighted by atomic mass is 9.96. The fourth-order valence-electron chi connectivity index (χ4n) is 3.62. The quantitative estimate of drug-likeness (QED) is 0.543. The van der Waals surface area contributed by atoms with Crippen molar-refractivity contribution in [1.29, 1.82) is 0 Å². The predicted octanol–water partition coefficient (Wildman–Crippen LogP) is 4.18. The minimum Gasteiger partial charge on any atom is -0.458 e. The van der Waals surface area contributed by atoms with Gasteiger partial charge in [0.25, 0.3) is 5.91 Å². The molecule has 3 heterocycles. The molecule has 3 amide bonds. The zero-order valence-electron chi connectivity index (χ0n) is 18.0. The number of carbonyl (C=O) groups is 3. The van der Waals surface area contributed by atoms with Crippen molar-refractivity contribution in [2.75, 3.05) is 18.4 Å². The summed E-state index contributed by atoms with van der Waals surface area (Å²) in [7, 11) is 0. The van der Waals surface area contributed by atoms with Gasteiger partial charge in [-0.3, -0.25) is 14.4 Å². The van der Waals surface area contributed by atoms with Crippen LogP contribution in [-0.4, -0.2) is 40.7 Å². The molecule has 1 aliphatic heterocycles. The molecule has 1 atom stereocenters. The molecule has 0 saturated carbocycles. The smallest absolute Gasteiger partial charge is 0.253 e. The van der Waals surface area contributed by atoms with E-state index in [1.165, 1.54) is 18.3 Å². The lowest BCUT2D eigenvalue weighted by Crippen LogP contribution is -2.43. The van der Waals surface area contributed by atoms with E-state index in [9.17, 15) is 14.4 Å². The minimum absolute atomic E-state index is 0.103. The Morgan fingerprint density at radius 1 is 1.21 bits per heavy atom. The third-order valence-corrected chi connectivity index (χ3v) is 6.34. The van der Waals surface area contributed by atoms with E-state index in [0.717, 1.165) is 6.42 Å². The van der Waals surface area contributed by atoms with Crippen LogP contribution in [0, 0.1) is 5.92 Å². The first kappa shape index (κ1) is 23.0. The van der Waals surface area contributed by atoms with Crippen LogP contribution in [0.3, 0.4) is 0 Å². The lowest BCUT2D eigenvalue weighted by Gasteiger charge is -2.32. The molecule has 2 N–H and O–H groups in total. The fraction of sp³-hybridized carbons (Fsp3) is 0.304. The number of nitrogens with zero attached hydrogens (tertiary/aromatic N) is 2. The van der Waals surface area contributed by atoms with Gasteiger partial charge in [-0.2, -0.15) is 0 Å². The van der Waals surface area contributed by atoms with Crippen LogP contribution < -0.4 is 10.6 Å². The lowest BCUT2D eigenvalue weighted by molar-refractivity contribution is -0.121. The molecule has 172 valence electrons. The maximum atomic E-state index is 12.9. The Morgan fingerprint density at radius 2 is 2.00 bits per heavy atom. The first-order valence-corrected chi connectivity index (χ1v) is 11.8. The number of nitrogens with one attached hydrogen (secondary N) is 2. The minimum atomic E-state index is -0.310. The van der Waals surface area contributed by atoms with Gasteiger partial charge < -0.3 is 20.0 Å². The van der Waals surface area contributed by atoms with E-state index < -0.39 is 0 Å². The van der Waals surface area contributed by atoms with Crippen LogP contribution in [0.25, 0.3) is 11.5 Å². The van der Waals surface area contributed by atoms with Crippen molar-refractivity contribution in [3.05, 3.63) is 58.1 Å². The van der Waals surface area contributed by atoms with Crippen LogP contribution in [0.2, 0.25) is 5.02 Å². The van der Waals surface area contributed by atoms with Crippen molar-refractivity contribution in [2.45, 2.75) is 26.3 Å². The van der Waals surface area contributed by atoms with Crippen LogP contribution in [0.5, 0.6) is 0 Å². The molecule has 0 spiro atoms. The van der Waals surface area contributed by atoms with Gasteiger partial charge in [-0.1, -0.05) is 11.6 Å². The molecule has 4 rings (SSSR count). The molecule has 10 heteroatoms. The number of hydrogen-bond acceptors (Lipinski definition) is 6. The van der Waals surface area contributed by atoms with Crippen LogP contribution >= 0.6 is 22.9 Å². The van der Waals surface area contributed by atoms with E-state index in [-0.39, 0.29) is 23.6 Å². The molecule has 2 aromatic heterocycles. The summed E-state index contributed by atoms with van der Waals surface area (Å²) in [6.07, 6.45) is 1.46. The number of anilines is 1. The number of aromatic nitrogens is 1. The highest BCUT2D eigenvalue weighted by Crippen LogP contribution is 2.28. The molecule has 1 saturated heterocycles. The summed E-state index contributed by atoms with van der Waals surface area (Å²) in [6, 6.07) is 10.3. The Kier molecular flexibility index (Phi) is 7.10. The van der Waals surface area contributed by atoms with E-state index in [1.54, 1.807) is 46.7 Å². The van der Waals surface area contributed by atoms with E-state index in [4.69, 9.17) is 16.0 Å². The van der Waals surface area contributed by atoms with E-state index in [1.807, 2.05) is 0 Å². The zero-order chi connectivity index (χ0) is 23.4. The van der Waals surface area contributed by atoms with Gasteiger partial charge in [0, 0.05) is 36.0 Å². The summed E-state index contributed by atoms with van der Waals surface area (Å²) in [5, 5.41) is 8.39. The number of piperidine rings is 1. The van der Waals surface area contributed by atoms with E-state index in [0.29, 0.717) is 59.0 Å². The van der Waals surface area contributed by atoms with Crippen LogP contribution in [0.1, 0.15) is 35.9 Å². The molecular formula is C23H23ClN4O4S. The van der Waals surface area contributed by atoms with Crippen molar-refractivity contribution in [1.82, 2.24) is 15.2 Å². The number of carbonyl (C=O) groups excluding carboxylic acids is 3. The van der Waals surface area contributed by atoms with Gasteiger partial charge in [-0.15, -0.1) is 11.3 Å². The number of thiazole rings is 1. The predicted molar refractivity (Wildman–Crippen MR) is 126 cm³/mol. The van der Waals surface area contributed by atoms with E-state index in [2.05, 4.69) is 15.6 Å². The monoisotopic (exact) mass is 486 g/mol. The van der Waals surface area contributed by atoms with Gasteiger partial charge in [0.2, 0.25) is 11.8 Å². The second-order valence-electron chi connectivity index (χ2n) is 7.80. The topological polar surface area (TPSA) is 105 Å². The summed E-state index contributed by atoms with van der Waals surface area (Å²) in [5.41, 5.74) is 1.16. The highest BCUT2D eigenvalue weighted by Gasteiger charge is 2.29. The Hall–Kier alpha value is -3.17. The van der Waals surface area contributed by atoms with Gasteiger partial charge in [0.15, 0.2) is 10.9 Å². The SMILES string of the molecule is CC(=O)NCc1ccc(-c2csc(NC(=O)C3CCCN(C(=O)c4ccc(Cl)cc4)C3)n2)o1. The first-order chi connectivity index (χ1) is 15.9. The second kappa shape index (κ2) is 10.2. The third-order valence-electron chi connectivity index (χ3n) is 5.33. The molecule has 1 fully saturated rings. The number of hydrogen-bond donors (Lipinski definition) is 2. The molecule has 1 aromatic carbocycles. The van der Waals surface area contributed by atoms with Crippen molar-refractivity contribution in [3.63, 3.8) is 0 Å². The molecule has 8 nitrogen and oxygen atoms in total. The van der Waals surface area contributed by atoms with Gasteiger partial charge in [-0.05, 0) is 49.2 Å². The Morgan fingerprint density at radius 3 is 2.76 bits per heavy atom. The summed E-state index contributed by atoms with van der Waals surface area (Å²) >= 11 is 7.21. The van der Waals surface area contributed by atoms with Crippen LogP contribution in [0.15, 0.2) is 46.2 Å². The summed E-state index contributed by atoms with van der Waals surface area (Å²) in [4.78, 5) is 42.8. The van der Waals surface area contributed by atoms with Crippen molar-refractivity contribution >= 4 is 45.8 Å². The van der Waals surface area contributed by atoms with Gasteiger partial charge >= 0.3 is 0 Å². The molecular weight excluding hydrogens is 464 g/mol. The third kappa shape index (κ3) is 5.80. The average Bonchev–Trinajstić information content (AvgIpc) is 3.47. The number of halogens is 1. The molecule has 3 aromatic rings. The maximum Gasteiger partial charge on any atom is 0.253 e. The number of furan rings is 1. The molecule has 1 unspecified atom stereocenters. The summed E-state index contributed by atoms with van der Waals surface area (Å²) in [6.45, 7) is 2.72. The number of amides is 3. The van der Waals surface area contributed by atoms with Gasteiger partial charge in [0.1, 0.15) is 11.5 Å². The zero-order valence-corrected chi connectivity index (χ0v) is 19.5. The van der Waals surface area contributed by atoms with Crippen molar-refractivity contribution < 1.29 is 18.8 Å². The van der Waals surface area contributed by atoms with Crippen LogP contribution in [0.4, 0.5) is 5.13 Å². The molecule has 0 bridgehead atoms. The molecule has 0 radical (unpaired) electrons. The van der Waals surface area contributed by atoms with E-state index >= 15 is 0 Å². The Bertz CT molecular complexity index is 1160. The van der Waals surface area contributed by atoms with Crippen molar-refractivity contribution in [3.8, 4) is 11.5 Å². The number of likely N-dealkylation sites (tertiary alicyclic amines) is 1. The fourth-order valence-corrected chi connectivity index (χ4v) is 4.45. The Labute approximate surface area is 199 Å². The first-order valence-electron chi connectivity index (χ1n) is 10.5. The second-order valence-corrected chi connectivity index (χ2v) is 9.09. The molecule has 1 aliphatic rings. The summed E-state index contributed by atoms with van der Waals surface area (Å²) in [5.74, 6) is 0.470. The highest BCUT2D eigenvalue weighted by molar-refractivity contribution is 7.14. The molecule has 33 heavy (non-hydrogen) atoms. The number of benzene rings is 1. The van der Waals surface area contributed by atoms with Crippen LogP contribution in [-0.2, 0) is 16.1 Å². The molecule has 0 aliphatic carbocycles. The van der Waals surface area contributed by atoms with Gasteiger partial charge in [0.05, 0.1) is 12.5 Å². The highest BCUT2D eigenvalue weighted by atomic mass is 35.5. The number of rotatable bonds is 6.